The molecular weight excluding hydrogens is 407 g/mol. The van der Waals surface area contributed by atoms with Gasteiger partial charge in [-0.25, -0.2) is 0 Å². The Labute approximate surface area is 159 Å². The summed E-state index contributed by atoms with van der Waals surface area (Å²) in [5.74, 6) is 1.04. The molecule has 0 unspecified atom stereocenters. The zero-order valence-corrected chi connectivity index (χ0v) is 17.5. The van der Waals surface area contributed by atoms with Crippen molar-refractivity contribution in [3.63, 3.8) is 0 Å². The van der Waals surface area contributed by atoms with Crippen molar-refractivity contribution in [1.29, 1.82) is 0 Å². The zero-order chi connectivity index (χ0) is 16.2. The summed E-state index contributed by atoms with van der Waals surface area (Å²) in [5, 5.41) is 3.41. The molecule has 0 atom stereocenters. The van der Waals surface area contributed by atoms with Crippen molar-refractivity contribution in [2.45, 2.75) is 32.8 Å². The third-order valence-electron chi connectivity index (χ3n) is 3.90. The van der Waals surface area contributed by atoms with Gasteiger partial charge in [0.05, 0.1) is 19.3 Å². The molecule has 1 aliphatic heterocycles. The number of methoxy groups -OCH3 is 1. The van der Waals surface area contributed by atoms with Crippen LogP contribution in [-0.4, -0.2) is 88.5 Å². The summed E-state index contributed by atoms with van der Waals surface area (Å²) in [6, 6.07) is 0. The fourth-order valence-corrected chi connectivity index (χ4v) is 2.58. The van der Waals surface area contributed by atoms with Crippen molar-refractivity contribution >= 4 is 29.9 Å². The Bertz CT molecular complexity index is 310. The molecule has 1 aliphatic rings. The molecule has 0 aromatic carbocycles. The van der Waals surface area contributed by atoms with Crippen LogP contribution in [0.25, 0.3) is 0 Å². The van der Waals surface area contributed by atoms with Gasteiger partial charge in [-0.2, -0.15) is 0 Å². The van der Waals surface area contributed by atoms with Crippen LogP contribution in [0.3, 0.4) is 0 Å². The first-order valence-corrected chi connectivity index (χ1v) is 8.53. The summed E-state index contributed by atoms with van der Waals surface area (Å²) in [5.41, 5.74) is 0. The Kier molecular flexibility index (Phi) is 14.2. The van der Waals surface area contributed by atoms with Crippen LogP contribution < -0.4 is 5.32 Å². The first-order valence-electron chi connectivity index (χ1n) is 8.53. The highest BCUT2D eigenvalue weighted by Gasteiger charge is 2.21. The molecule has 0 saturated carbocycles. The molecule has 0 bridgehead atoms. The van der Waals surface area contributed by atoms with Crippen molar-refractivity contribution in [2.75, 3.05) is 66.6 Å². The monoisotopic (exact) mass is 442 g/mol. The second kappa shape index (κ2) is 14.2. The van der Waals surface area contributed by atoms with E-state index < -0.39 is 0 Å². The molecule has 7 heteroatoms. The number of aliphatic imine (C=N–C) groups is 1. The maximum atomic E-state index is 5.72. The number of hydrogen-bond donors (Lipinski definition) is 1. The van der Waals surface area contributed by atoms with Gasteiger partial charge in [-0.3, -0.25) is 4.99 Å². The van der Waals surface area contributed by atoms with E-state index in [1.54, 1.807) is 7.11 Å². The summed E-state index contributed by atoms with van der Waals surface area (Å²) in [7, 11) is 3.84. The van der Waals surface area contributed by atoms with E-state index in [0.717, 1.165) is 71.3 Å². The van der Waals surface area contributed by atoms with Crippen LogP contribution in [0.5, 0.6) is 0 Å². The number of likely N-dealkylation sites (tertiary alicyclic amines) is 1. The Balaban J connectivity index is 0.00000484. The second-order valence-corrected chi connectivity index (χ2v) is 5.67. The predicted molar refractivity (Wildman–Crippen MR) is 107 cm³/mol. The molecule has 1 N–H and O–H groups in total. The highest BCUT2D eigenvalue weighted by Crippen LogP contribution is 2.13. The van der Waals surface area contributed by atoms with Gasteiger partial charge >= 0.3 is 0 Å². The van der Waals surface area contributed by atoms with Gasteiger partial charge < -0.3 is 24.6 Å². The summed E-state index contributed by atoms with van der Waals surface area (Å²) >= 11 is 0. The molecule has 6 nitrogen and oxygen atoms in total. The topological polar surface area (TPSA) is 49.3 Å². The maximum Gasteiger partial charge on any atom is 0.193 e. The molecule has 1 rings (SSSR count). The molecule has 138 valence electrons. The largest absolute Gasteiger partial charge is 0.383 e. The van der Waals surface area contributed by atoms with Gasteiger partial charge in [0.15, 0.2) is 5.96 Å². The number of piperidine rings is 1. The van der Waals surface area contributed by atoms with E-state index in [1.165, 1.54) is 0 Å². The number of hydrogen-bond acceptors (Lipinski definition) is 4. The van der Waals surface area contributed by atoms with Gasteiger partial charge in [0, 0.05) is 46.4 Å². The molecule has 0 aromatic heterocycles. The van der Waals surface area contributed by atoms with Gasteiger partial charge in [-0.1, -0.05) is 0 Å². The number of likely N-dealkylation sites (N-methyl/N-ethyl adjacent to an activating group) is 1. The quantitative estimate of drug-likeness (QED) is 0.335. The van der Waals surface area contributed by atoms with E-state index in [0.29, 0.717) is 6.10 Å². The van der Waals surface area contributed by atoms with Crippen molar-refractivity contribution in [1.82, 2.24) is 15.1 Å². The fourth-order valence-electron chi connectivity index (χ4n) is 2.58. The van der Waals surface area contributed by atoms with Crippen LogP contribution in [0.4, 0.5) is 0 Å². The third kappa shape index (κ3) is 9.69. The van der Waals surface area contributed by atoms with Gasteiger partial charge in [-0.05, 0) is 33.7 Å². The van der Waals surface area contributed by atoms with Gasteiger partial charge in [0.2, 0.25) is 0 Å². The predicted octanol–water partition coefficient (Wildman–Crippen LogP) is 1.65. The Morgan fingerprint density at radius 3 is 2.52 bits per heavy atom. The van der Waals surface area contributed by atoms with Crippen LogP contribution in [0.2, 0.25) is 0 Å². The third-order valence-corrected chi connectivity index (χ3v) is 3.90. The van der Waals surface area contributed by atoms with Gasteiger partial charge in [0.25, 0.3) is 0 Å². The summed E-state index contributed by atoms with van der Waals surface area (Å²) in [6.07, 6.45) is 2.60. The normalized spacial score (nSPS) is 16.6. The lowest BCUT2D eigenvalue weighted by Gasteiger charge is -2.34. The van der Waals surface area contributed by atoms with E-state index in [9.17, 15) is 0 Å². The first kappa shape index (κ1) is 22.9. The highest BCUT2D eigenvalue weighted by molar-refractivity contribution is 14.0. The van der Waals surface area contributed by atoms with Crippen LogP contribution in [0.1, 0.15) is 26.7 Å². The summed E-state index contributed by atoms with van der Waals surface area (Å²) in [4.78, 5) is 9.37. The van der Waals surface area contributed by atoms with Crippen LogP contribution in [0, 0.1) is 0 Å². The number of halogens is 1. The smallest absolute Gasteiger partial charge is 0.193 e. The molecule has 0 aliphatic carbocycles. The molecule has 23 heavy (non-hydrogen) atoms. The van der Waals surface area contributed by atoms with E-state index in [4.69, 9.17) is 14.5 Å². The number of guanidine groups is 1. The average molecular weight is 442 g/mol. The Morgan fingerprint density at radius 2 is 1.96 bits per heavy atom. The highest BCUT2D eigenvalue weighted by atomic mass is 127. The average Bonchev–Trinajstić information content (AvgIpc) is 2.53. The molecule has 0 radical (unpaired) electrons. The molecule has 0 aromatic rings. The molecule has 1 saturated heterocycles. The van der Waals surface area contributed by atoms with Gasteiger partial charge in [-0.15, -0.1) is 24.0 Å². The van der Waals surface area contributed by atoms with Crippen molar-refractivity contribution in [3.8, 4) is 0 Å². The standard InChI is InChI=1S/C16H34N4O2.HI/c1-5-17-16(18-9-12-19(3)13-14-21-4)20-10-7-15(8-11-20)22-6-2;/h15H,5-14H2,1-4H3,(H,17,18);1H. The minimum atomic E-state index is 0. The van der Waals surface area contributed by atoms with Crippen molar-refractivity contribution in [2.24, 2.45) is 4.99 Å². The molecular formula is C16H35IN4O2. The van der Waals surface area contributed by atoms with E-state index >= 15 is 0 Å². The van der Waals surface area contributed by atoms with Crippen molar-refractivity contribution in [3.05, 3.63) is 0 Å². The summed E-state index contributed by atoms with van der Waals surface area (Å²) < 4.78 is 10.8. The van der Waals surface area contributed by atoms with Crippen LogP contribution >= 0.6 is 24.0 Å². The number of nitrogens with one attached hydrogen (secondary N) is 1. The van der Waals surface area contributed by atoms with E-state index in [-0.39, 0.29) is 24.0 Å². The SMILES string of the molecule is CCNC(=NCCN(C)CCOC)N1CCC(OCC)CC1.I. The molecule has 0 amide bonds. The first-order chi connectivity index (χ1) is 10.7. The minimum absolute atomic E-state index is 0. The zero-order valence-electron chi connectivity index (χ0n) is 15.2. The van der Waals surface area contributed by atoms with E-state index in [1.807, 2.05) is 0 Å². The van der Waals surface area contributed by atoms with Crippen LogP contribution in [0.15, 0.2) is 4.99 Å². The van der Waals surface area contributed by atoms with Gasteiger partial charge in [0.1, 0.15) is 0 Å². The summed E-state index contributed by atoms with van der Waals surface area (Å²) in [6.45, 7) is 11.4. The lowest BCUT2D eigenvalue weighted by molar-refractivity contribution is 0.0263. The Morgan fingerprint density at radius 1 is 1.26 bits per heavy atom. The van der Waals surface area contributed by atoms with Crippen LogP contribution in [-0.2, 0) is 9.47 Å². The molecule has 1 heterocycles. The van der Waals surface area contributed by atoms with Crippen molar-refractivity contribution < 1.29 is 9.47 Å². The lowest BCUT2D eigenvalue weighted by atomic mass is 10.1. The molecule has 0 spiro atoms. The number of nitrogens with zero attached hydrogens (tertiary/aromatic N) is 3. The fraction of sp³-hybridized carbons (Fsp3) is 0.938. The molecule has 1 fully saturated rings. The number of rotatable bonds is 9. The Hall–Kier alpha value is -0.120. The van der Waals surface area contributed by atoms with E-state index in [2.05, 4.69) is 36.0 Å². The maximum absolute atomic E-state index is 5.72. The lowest BCUT2D eigenvalue weighted by Crippen LogP contribution is -2.47. The second-order valence-electron chi connectivity index (χ2n) is 5.67. The number of ether oxygens (including phenoxy) is 2. The minimum Gasteiger partial charge on any atom is -0.383 e.